The van der Waals surface area contributed by atoms with E-state index in [0.717, 1.165) is 17.6 Å². The predicted octanol–water partition coefficient (Wildman–Crippen LogP) is 2.37. The lowest BCUT2D eigenvalue weighted by Gasteiger charge is -2.28. The molecule has 2 aromatic rings. The number of hydrogen-bond acceptors (Lipinski definition) is 4. The lowest BCUT2D eigenvalue weighted by molar-refractivity contribution is -0.131. The maximum Gasteiger partial charge on any atom is 0.289 e. The van der Waals surface area contributed by atoms with Crippen molar-refractivity contribution in [3.63, 3.8) is 0 Å². The predicted molar refractivity (Wildman–Crippen MR) is 92.9 cm³/mol. The van der Waals surface area contributed by atoms with Crippen LogP contribution in [0.5, 0.6) is 5.75 Å². The second kappa shape index (κ2) is 7.25. The number of amides is 2. The Bertz CT molecular complexity index is 778. The van der Waals surface area contributed by atoms with Crippen LogP contribution in [-0.2, 0) is 4.79 Å². The second-order valence-electron chi connectivity index (χ2n) is 6.00. The summed E-state index contributed by atoms with van der Waals surface area (Å²) in [4.78, 5) is 27.6. The van der Waals surface area contributed by atoms with E-state index in [4.69, 9.17) is 4.42 Å². The largest absolute Gasteiger partial charge is 0.508 e. The highest BCUT2D eigenvalue weighted by molar-refractivity contribution is 5.94. The molecule has 3 rings (SSSR count). The lowest BCUT2D eigenvalue weighted by Crippen LogP contribution is -2.42. The van der Waals surface area contributed by atoms with Gasteiger partial charge in [0, 0.05) is 20.1 Å². The minimum absolute atomic E-state index is 0.0158. The highest BCUT2D eigenvalue weighted by Crippen LogP contribution is 2.24. The molecule has 0 unspecified atom stereocenters. The van der Waals surface area contributed by atoms with E-state index in [1.165, 1.54) is 11.2 Å². The molecule has 1 N–H and O–H groups in total. The molecule has 6 nitrogen and oxygen atoms in total. The Labute approximate surface area is 146 Å². The third-order valence-electron chi connectivity index (χ3n) is 4.25. The molecular weight excluding hydrogens is 320 g/mol. The Kier molecular flexibility index (Phi) is 4.88. The summed E-state index contributed by atoms with van der Waals surface area (Å²) in [6.07, 6.45) is 4.19. The minimum Gasteiger partial charge on any atom is -0.508 e. The summed E-state index contributed by atoms with van der Waals surface area (Å²) in [7, 11) is 1.59. The molecule has 0 bridgehead atoms. The van der Waals surface area contributed by atoms with Crippen LogP contribution in [0, 0.1) is 0 Å². The molecule has 2 heterocycles. The van der Waals surface area contributed by atoms with Crippen molar-refractivity contribution in [1.29, 1.82) is 0 Å². The molecule has 0 radical (unpaired) electrons. The van der Waals surface area contributed by atoms with Gasteiger partial charge in [-0.3, -0.25) is 9.59 Å². The van der Waals surface area contributed by atoms with Gasteiger partial charge in [-0.15, -0.1) is 0 Å². The van der Waals surface area contributed by atoms with E-state index in [0.29, 0.717) is 13.1 Å². The van der Waals surface area contributed by atoms with Crippen molar-refractivity contribution in [2.24, 2.45) is 0 Å². The molecule has 0 fully saturated rings. The Morgan fingerprint density at radius 2 is 2.00 bits per heavy atom. The zero-order valence-corrected chi connectivity index (χ0v) is 14.0. The molecule has 25 heavy (non-hydrogen) atoms. The van der Waals surface area contributed by atoms with Crippen LogP contribution in [0.25, 0.3) is 5.57 Å². The molecule has 1 aliphatic heterocycles. The van der Waals surface area contributed by atoms with E-state index in [9.17, 15) is 14.7 Å². The molecule has 0 saturated heterocycles. The first-order chi connectivity index (χ1) is 12.0. The van der Waals surface area contributed by atoms with Crippen LogP contribution in [0.4, 0.5) is 0 Å². The minimum atomic E-state index is -0.310. The third kappa shape index (κ3) is 3.91. The monoisotopic (exact) mass is 340 g/mol. The van der Waals surface area contributed by atoms with E-state index in [1.54, 1.807) is 36.2 Å². The van der Waals surface area contributed by atoms with Crippen molar-refractivity contribution in [3.05, 3.63) is 60.1 Å². The number of furan rings is 1. The smallest absolute Gasteiger partial charge is 0.289 e. The molecule has 130 valence electrons. The van der Waals surface area contributed by atoms with Crippen molar-refractivity contribution in [1.82, 2.24) is 9.80 Å². The fraction of sp³-hybridized carbons (Fsp3) is 0.263. The number of nitrogens with zero attached hydrogens (tertiary/aromatic N) is 2. The average molecular weight is 340 g/mol. The number of likely N-dealkylation sites (N-methyl/N-ethyl adjacent to an activating group) is 1. The van der Waals surface area contributed by atoms with Gasteiger partial charge in [-0.05, 0) is 41.8 Å². The van der Waals surface area contributed by atoms with Crippen molar-refractivity contribution < 1.29 is 19.1 Å². The van der Waals surface area contributed by atoms with Gasteiger partial charge in [0.1, 0.15) is 5.75 Å². The molecule has 6 heteroatoms. The molecule has 0 saturated carbocycles. The normalized spacial score (nSPS) is 14.1. The molecular formula is C19H20N2O4. The molecule has 1 aliphatic rings. The van der Waals surface area contributed by atoms with Crippen LogP contribution in [0.1, 0.15) is 22.5 Å². The number of hydrogen-bond donors (Lipinski definition) is 1. The van der Waals surface area contributed by atoms with E-state index in [1.807, 2.05) is 18.2 Å². The van der Waals surface area contributed by atoms with Gasteiger partial charge in [0.2, 0.25) is 5.91 Å². The van der Waals surface area contributed by atoms with Gasteiger partial charge < -0.3 is 19.3 Å². The summed E-state index contributed by atoms with van der Waals surface area (Å²) in [6, 6.07) is 10.3. The number of aromatic hydroxyl groups is 1. The molecule has 2 amide bonds. The van der Waals surface area contributed by atoms with Gasteiger partial charge in [-0.25, -0.2) is 0 Å². The van der Waals surface area contributed by atoms with Gasteiger partial charge >= 0.3 is 0 Å². The highest BCUT2D eigenvalue weighted by Gasteiger charge is 2.22. The van der Waals surface area contributed by atoms with E-state index < -0.39 is 0 Å². The van der Waals surface area contributed by atoms with Crippen LogP contribution in [0.3, 0.4) is 0 Å². The maximum atomic E-state index is 12.4. The number of rotatable bonds is 4. The number of carbonyl (C=O) groups excluding carboxylic acids is 2. The van der Waals surface area contributed by atoms with E-state index >= 15 is 0 Å². The quantitative estimate of drug-likeness (QED) is 0.927. The van der Waals surface area contributed by atoms with E-state index in [2.05, 4.69) is 0 Å². The third-order valence-corrected chi connectivity index (χ3v) is 4.25. The van der Waals surface area contributed by atoms with Gasteiger partial charge in [-0.2, -0.15) is 0 Å². The SMILES string of the molecule is CN(CC(=O)N1CC=C(c2ccc(O)cc2)CC1)C(=O)c1ccco1. The summed E-state index contributed by atoms with van der Waals surface area (Å²) in [5.74, 6) is 0.0591. The topological polar surface area (TPSA) is 74.0 Å². The van der Waals surface area contributed by atoms with Crippen LogP contribution in [0.15, 0.2) is 53.2 Å². The zero-order valence-electron chi connectivity index (χ0n) is 14.0. The van der Waals surface area contributed by atoms with Crippen LogP contribution in [-0.4, -0.2) is 53.4 Å². The molecule has 0 aliphatic carbocycles. The van der Waals surface area contributed by atoms with E-state index in [-0.39, 0.29) is 29.9 Å². The number of benzene rings is 1. The second-order valence-corrected chi connectivity index (χ2v) is 6.00. The molecule has 1 aromatic heterocycles. The maximum absolute atomic E-state index is 12.4. The summed E-state index contributed by atoms with van der Waals surface area (Å²) < 4.78 is 5.07. The molecule has 1 aromatic carbocycles. The Hall–Kier alpha value is -3.02. The van der Waals surface area contributed by atoms with Crippen LogP contribution < -0.4 is 0 Å². The standard InChI is InChI=1S/C19H20N2O4/c1-20(19(24)17-3-2-12-25-17)13-18(23)21-10-8-15(9-11-21)14-4-6-16(22)7-5-14/h2-8,12,22H,9-11,13H2,1H3. The van der Waals surface area contributed by atoms with Gasteiger partial charge in [-0.1, -0.05) is 18.2 Å². The summed E-state index contributed by atoms with van der Waals surface area (Å²) in [5, 5.41) is 9.36. The van der Waals surface area contributed by atoms with Crippen molar-refractivity contribution in [2.45, 2.75) is 6.42 Å². The Morgan fingerprint density at radius 1 is 1.24 bits per heavy atom. The lowest BCUT2D eigenvalue weighted by atomic mass is 9.99. The first-order valence-corrected chi connectivity index (χ1v) is 8.10. The number of phenols is 1. The molecule has 0 atom stereocenters. The fourth-order valence-corrected chi connectivity index (χ4v) is 2.80. The number of carbonyl (C=O) groups is 2. The van der Waals surface area contributed by atoms with Gasteiger partial charge in [0.05, 0.1) is 12.8 Å². The van der Waals surface area contributed by atoms with Crippen molar-refractivity contribution in [2.75, 3.05) is 26.7 Å². The first kappa shape index (κ1) is 16.8. The summed E-state index contributed by atoms with van der Waals surface area (Å²) >= 11 is 0. The first-order valence-electron chi connectivity index (χ1n) is 8.10. The van der Waals surface area contributed by atoms with Crippen LogP contribution >= 0.6 is 0 Å². The number of phenolic OH excluding ortho intramolecular Hbond substituents is 1. The average Bonchev–Trinajstić information content (AvgIpc) is 3.16. The Morgan fingerprint density at radius 3 is 2.60 bits per heavy atom. The van der Waals surface area contributed by atoms with Gasteiger partial charge in [0.25, 0.3) is 5.91 Å². The summed E-state index contributed by atoms with van der Waals surface area (Å²) in [6.45, 7) is 1.13. The highest BCUT2D eigenvalue weighted by atomic mass is 16.3. The van der Waals surface area contributed by atoms with Crippen molar-refractivity contribution >= 4 is 17.4 Å². The molecule has 0 spiro atoms. The van der Waals surface area contributed by atoms with Gasteiger partial charge in [0.15, 0.2) is 5.76 Å². The summed E-state index contributed by atoms with van der Waals surface area (Å²) in [5.41, 5.74) is 2.21. The van der Waals surface area contributed by atoms with Crippen LogP contribution in [0.2, 0.25) is 0 Å². The van der Waals surface area contributed by atoms with Crippen molar-refractivity contribution in [3.8, 4) is 5.75 Å². The zero-order chi connectivity index (χ0) is 17.8. The fourth-order valence-electron chi connectivity index (χ4n) is 2.80. The Balaban J connectivity index is 1.57.